The van der Waals surface area contributed by atoms with Crippen LogP contribution in [0.1, 0.15) is 28.7 Å². The van der Waals surface area contributed by atoms with E-state index in [-0.39, 0.29) is 6.04 Å². The van der Waals surface area contributed by atoms with E-state index in [0.717, 1.165) is 5.75 Å². The molecule has 18 heavy (non-hydrogen) atoms. The first-order chi connectivity index (χ1) is 8.75. The fraction of sp³-hybridized carbons (Fsp3) is 0.250. The second-order valence-electron chi connectivity index (χ2n) is 4.90. The van der Waals surface area contributed by atoms with Crippen LogP contribution in [0.5, 0.6) is 0 Å². The molecule has 0 spiro atoms. The summed E-state index contributed by atoms with van der Waals surface area (Å²) in [5.74, 6) is 1.53. The van der Waals surface area contributed by atoms with Gasteiger partial charge < -0.3 is 5.73 Å². The number of fused-ring (bicyclic) bond motifs is 1. The van der Waals surface area contributed by atoms with Gasteiger partial charge in [-0.1, -0.05) is 48.0 Å². The van der Waals surface area contributed by atoms with E-state index in [1.807, 2.05) is 11.8 Å². The number of hydrogen-bond donors (Lipinski definition) is 1. The highest BCUT2D eigenvalue weighted by Gasteiger charge is 2.28. The Morgan fingerprint density at radius 1 is 1.17 bits per heavy atom. The van der Waals surface area contributed by atoms with Crippen LogP contribution in [0, 0.1) is 6.92 Å². The Morgan fingerprint density at radius 3 is 2.83 bits per heavy atom. The van der Waals surface area contributed by atoms with Crippen molar-refractivity contribution in [1.82, 2.24) is 0 Å². The van der Waals surface area contributed by atoms with Crippen LogP contribution in [0.4, 0.5) is 0 Å². The molecule has 1 aliphatic heterocycles. The van der Waals surface area contributed by atoms with Crippen molar-refractivity contribution in [1.29, 1.82) is 0 Å². The predicted octanol–water partition coefficient (Wildman–Crippen LogP) is 3.88. The summed E-state index contributed by atoms with van der Waals surface area (Å²) in [6.45, 7) is 2.12. The summed E-state index contributed by atoms with van der Waals surface area (Å²) < 4.78 is 0. The molecule has 0 aliphatic carbocycles. The lowest BCUT2D eigenvalue weighted by atomic mass is 9.89. The topological polar surface area (TPSA) is 26.0 Å². The molecule has 2 N–H and O–H groups in total. The van der Waals surface area contributed by atoms with Crippen molar-refractivity contribution in [2.75, 3.05) is 5.75 Å². The maximum Gasteiger partial charge on any atom is 0.0373 e. The lowest BCUT2D eigenvalue weighted by Gasteiger charge is -2.20. The molecule has 2 unspecified atom stereocenters. The zero-order chi connectivity index (χ0) is 12.5. The lowest BCUT2D eigenvalue weighted by Crippen LogP contribution is -2.19. The summed E-state index contributed by atoms with van der Waals surface area (Å²) in [4.78, 5) is 1.39. The Morgan fingerprint density at radius 2 is 2.00 bits per heavy atom. The number of aryl methyl sites for hydroxylation is 1. The van der Waals surface area contributed by atoms with Crippen molar-refractivity contribution in [2.24, 2.45) is 5.73 Å². The van der Waals surface area contributed by atoms with Crippen molar-refractivity contribution >= 4 is 11.8 Å². The number of nitrogens with two attached hydrogens (primary N) is 1. The van der Waals surface area contributed by atoms with E-state index in [9.17, 15) is 0 Å². The number of benzene rings is 2. The van der Waals surface area contributed by atoms with Gasteiger partial charge >= 0.3 is 0 Å². The molecule has 3 rings (SSSR count). The van der Waals surface area contributed by atoms with E-state index in [4.69, 9.17) is 5.73 Å². The molecule has 2 heteroatoms. The molecule has 0 fully saturated rings. The average molecular weight is 255 g/mol. The number of rotatable bonds is 2. The van der Waals surface area contributed by atoms with Crippen molar-refractivity contribution in [3.05, 3.63) is 65.2 Å². The molecule has 2 aromatic carbocycles. The molecule has 1 heterocycles. The molecule has 1 aliphatic rings. The summed E-state index contributed by atoms with van der Waals surface area (Å²) in [5.41, 5.74) is 10.4. The molecule has 2 atom stereocenters. The van der Waals surface area contributed by atoms with Gasteiger partial charge in [0.1, 0.15) is 0 Å². The van der Waals surface area contributed by atoms with E-state index in [0.29, 0.717) is 5.92 Å². The Bertz CT molecular complexity index is 565. The van der Waals surface area contributed by atoms with Gasteiger partial charge in [0, 0.05) is 22.6 Å². The van der Waals surface area contributed by atoms with Gasteiger partial charge in [-0.05, 0) is 24.1 Å². The van der Waals surface area contributed by atoms with Gasteiger partial charge in [0.25, 0.3) is 0 Å². The first-order valence-electron chi connectivity index (χ1n) is 6.29. The normalized spacial score (nSPS) is 19.6. The summed E-state index contributed by atoms with van der Waals surface area (Å²) in [7, 11) is 0. The molecular formula is C16H17NS. The highest BCUT2D eigenvalue weighted by atomic mass is 32.2. The third kappa shape index (κ3) is 2.06. The Kier molecular flexibility index (Phi) is 3.14. The van der Waals surface area contributed by atoms with Gasteiger partial charge in [-0.25, -0.2) is 0 Å². The predicted molar refractivity (Wildman–Crippen MR) is 78.0 cm³/mol. The summed E-state index contributed by atoms with van der Waals surface area (Å²) in [6.07, 6.45) is 0. The molecule has 2 aromatic rings. The standard InChI is InChI=1S/C16H17NS/c1-11-5-4-6-12(9-11)16(17)14-10-18-15-8-3-2-7-13(14)15/h2-9,14,16H,10,17H2,1H3. The first kappa shape index (κ1) is 11.8. The summed E-state index contributed by atoms with van der Waals surface area (Å²) >= 11 is 1.92. The SMILES string of the molecule is Cc1cccc(C(N)C2CSc3ccccc32)c1. The average Bonchev–Trinajstić information content (AvgIpc) is 2.82. The van der Waals surface area contributed by atoms with Crippen LogP contribution >= 0.6 is 11.8 Å². The van der Waals surface area contributed by atoms with Gasteiger partial charge in [-0.15, -0.1) is 11.8 Å². The van der Waals surface area contributed by atoms with E-state index in [1.165, 1.54) is 21.6 Å². The van der Waals surface area contributed by atoms with Crippen LogP contribution < -0.4 is 5.73 Å². The molecule has 0 saturated carbocycles. The number of thioether (sulfide) groups is 1. The van der Waals surface area contributed by atoms with E-state index < -0.39 is 0 Å². The number of hydrogen-bond acceptors (Lipinski definition) is 2. The third-order valence-corrected chi connectivity index (χ3v) is 4.81. The second kappa shape index (κ2) is 4.79. The van der Waals surface area contributed by atoms with Crippen LogP contribution in [0.3, 0.4) is 0 Å². The highest BCUT2D eigenvalue weighted by Crippen LogP contribution is 2.44. The third-order valence-electron chi connectivity index (χ3n) is 3.60. The van der Waals surface area contributed by atoms with Crippen LogP contribution in [0.2, 0.25) is 0 Å². The lowest BCUT2D eigenvalue weighted by molar-refractivity contribution is 0.607. The van der Waals surface area contributed by atoms with E-state index in [1.54, 1.807) is 0 Å². The van der Waals surface area contributed by atoms with Crippen LogP contribution in [0.25, 0.3) is 0 Å². The largest absolute Gasteiger partial charge is 0.323 e. The van der Waals surface area contributed by atoms with Crippen LogP contribution in [-0.2, 0) is 0 Å². The fourth-order valence-corrected chi connectivity index (χ4v) is 3.90. The van der Waals surface area contributed by atoms with Crippen LogP contribution in [-0.4, -0.2) is 5.75 Å². The Hall–Kier alpha value is -1.25. The van der Waals surface area contributed by atoms with E-state index >= 15 is 0 Å². The molecule has 0 bridgehead atoms. The minimum atomic E-state index is 0.0982. The minimum Gasteiger partial charge on any atom is -0.323 e. The minimum absolute atomic E-state index is 0.0982. The van der Waals surface area contributed by atoms with Gasteiger partial charge in [-0.3, -0.25) is 0 Å². The quantitative estimate of drug-likeness (QED) is 0.881. The molecular weight excluding hydrogens is 238 g/mol. The summed E-state index contributed by atoms with van der Waals surface area (Å²) in [5, 5.41) is 0. The maximum absolute atomic E-state index is 6.47. The molecule has 1 nitrogen and oxygen atoms in total. The van der Waals surface area contributed by atoms with Gasteiger partial charge in [0.15, 0.2) is 0 Å². The monoisotopic (exact) mass is 255 g/mol. The van der Waals surface area contributed by atoms with Crippen molar-refractivity contribution < 1.29 is 0 Å². The highest BCUT2D eigenvalue weighted by molar-refractivity contribution is 7.99. The molecule has 0 aromatic heterocycles. The molecule has 0 radical (unpaired) electrons. The van der Waals surface area contributed by atoms with Crippen molar-refractivity contribution in [2.45, 2.75) is 23.8 Å². The Balaban J connectivity index is 1.93. The zero-order valence-electron chi connectivity index (χ0n) is 10.5. The maximum atomic E-state index is 6.47. The van der Waals surface area contributed by atoms with Gasteiger partial charge in [0.05, 0.1) is 0 Å². The molecule has 0 saturated heterocycles. The second-order valence-corrected chi connectivity index (χ2v) is 5.96. The molecule has 92 valence electrons. The fourth-order valence-electron chi connectivity index (χ4n) is 2.59. The first-order valence-corrected chi connectivity index (χ1v) is 7.28. The van der Waals surface area contributed by atoms with E-state index in [2.05, 4.69) is 55.5 Å². The van der Waals surface area contributed by atoms with Gasteiger partial charge in [0.2, 0.25) is 0 Å². The van der Waals surface area contributed by atoms with Crippen molar-refractivity contribution in [3.8, 4) is 0 Å². The van der Waals surface area contributed by atoms with Crippen LogP contribution in [0.15, 0.2) is 53.4 Å². The zero-order valence-corrected chi connectivity index (χ0v) is 11.3. The smallest absolute Gasteiger partial charge is 0.0373 e. The Labute approximate surface area is 112 Å². The van der Waals surface area contributed by atoms with Crippen molar-refractivity contribution in [3.63, 3.8) is 0 Å². The summed E-state index contributed by atoms with van der Waals surface area (Å²) in [6, 6.07) is 17.3. The molecule has 0 amide bonds. The van der Waals surface area contributed by atoms with Gasteiger partial charge in [-0.2, -0.15) is 0 Å².